The van der Waals surface area contributed by atoms with Crippen molar-refractivity contribution in [3.63, 3.8) is 0 Å². The summed E-state index contributed by atoms with van der Waals surface area (Å²) in [5.74, 6) is -1.08. The summed E-state index contributed by atoms with van der Waals surface area (Å²) in [5, 5.41) is 0.959. The summed E-state index contributed by atoms with van der Waals surface area (Å²) in [7, 11) is 0. The quantitative estimate of drug-likeness (QED) is 0.710. The fourth-order valence-corrected chi connectivity index (χ4v) is 2.35. The van der Waals surface area contributed by atoms with Crippen molar-refractivity contribution in [2.45, 2.75) is 6.42 Å². The van der Waals surface area contributed by atoms with Crippen molar-refractivity contribution in [2.75, 3.05) is 0 Å². The molecule has 0 saturated carbocycles. The van der Waals surface area contributed by atoms with E-state index in [9.17, 15) is 9.18 Å². The predicted molar refractivity (Wildman–Crippen MR) is 75.9 cm³/mol. The molecule has 5 heteroatoms. The van der Waals surface area contributed by atoms with Crippen LogP contribution >= 0.6 is 34.8 Å². The van der Waals surface area contributed by atoms with Gasteiger partial charge in [0.1, 0.15) is 5.82 Å². The van der Waals surface area contributed by atoms with Gasteiger partial charge in [-0.05, 0) is 35.9 Å². The van der Waals surface area contributed by atoms with Crippen LogP contribution in [0.15, 0.2) is 36.4 Å². The zero-order valence-electron chi connectivity index (χ0n) is 9.59. The molecular weight excluding hydrogens is 310 g/mol. The maximum absolute atomic E-state index is 13.6. The van der Waals surface area contributed by atoms with E-state index in [1.54, 1.807) is 18.2 Å². The van der Waals surface area contributed by atoms with Crippen LogP contribution in [0.3, 0.4) is 0 Å². The van der Waals surface area contributed by atoms with Crippen LogP contribution in [0.2, 0.25) is 15.1 Å². The molecule has 1 nitrogen and oxygen atoms in total. The summed E-state index contributed by atoms with van der Waals surface area (Å²) < 4.78 is 13.6. The second-order valence-corrected chi connectivity index (χ2v) is 5.18. The molecule has 0 N–H and O–H groups in total. The highest BCUT2D eigenvalue weighted by Crippen LogP contribution is 2.25. The minimum atomic E-state index is -0.643. The average Bonchev–Trinajstić information content (AvgIpc) is 2.33. The van der Waals surface area contributed by atoms with Gasteiger partial charge in [-0.2, -0.15) is 0 Å². The minimum absolute atomic E-state index is 0.0555. The number of hydrogen-bond acceptors (Lipinski definition) is 1. The minimum Gasteiger partial charge on any atom is -0.294 e. The molecule has 0 aromatic heterocycles. The van der Waals surface area contributed by atoms with E-state index in [1.807, 2.05) is 0 Å². The van der Waals surface area contributed by atoms with E-state index in [0.717, 1.165) is 0 Å². The lowest BCUT2D eigenvalue weighted by Crippen LogP contribution is -2.07. The first-order chi connectivity index (χ1) is 8.99. The lowest BCUT2D eigenvalue weighted by molar-refractivity contribution is 0.0989. The van der Waals surface area contributed by atoms with Crippen molar-refractivity contribution in [1.29, 1.82) is 0 Å². The number of carbonyl (C=O) groups is 1. The summed E-state index contributed by atoms with van der Waals surface area (Å²) in [5.41, 5.74) is 0.415. The van der Waals surface area contributed by atoms with Gasteiger partial charge in [-0.3, -0.25) is 4.79 Å². The Balaban J connectivity index is 2.34. The number of halogens is 4. The Morgan fingerprint density at radius 1 is 1.05 bits per heavy atom. The van der Waals surface area contributed by atoms with Crippen LogP contribution in [0.1, 0.15) is 15.9 Å². The van der Waals surface area contributed by atoms with Gasteiger partial charge in [0, 0.05) is 16.5 Å². The number of benzene rings is 2. The van der Waals surface area contributed by atoms with Crippen LogP contribution < -0.4 is 0 Å². The molecule has 0 aliphatic rings. The number of Topliss-reactive ketones (excluding diaryl/α,β-unsaturated/α-hetero) is 1. The Labute approximate surface area is 124 Å². The van der Waals surface area contributed by atoms with Crippen LogP contribution in [0.25, 0.3) is 0 Å². The highest BCUT2D eigenvalue weighted by atomic mass is 35.5. The lowest BCUT2D eigenvalue weighted by Gasteiger charge is -2.07. The molecule has 0 heterocycles. The van der Waals surface area contributed by atoms with Gasteiger partial charge < -0.3 is 0 Å². The van der Waals surface area contributed by atoms with Crippen LogP contribution in [0.4, 0.5) is 4.39 Å². The Kier molecular flexibility index (Phi) is 4.46. The second kappa shape index (κ2) is 5.91. The standard InChI is InChI=1S/C14H8Cl3FO/c15-9-4-5-10(16)8(6-9)7-13(19)14-11(17)2-1-3-12(14)18/h1-6H,7H2. The van der Waals surface area contributed by atoms with E-state index >= 15 is 0 Å². The topological polar surface area (TPSA) is 17.1 Å². The van der Waals surface area contributed by atoms with Crippen LogP contribution in [0, 0.1) is 5.82 Å². The molecule has 19 heavy (non-hydrogen) atoms. The molecule has 98 valence electrons. The molecule has 0 saturated heterocycles. The summed E-state index contributed by atoms with van der Waals surface area (Å²) in [4.78, 5) is 12.1. The first-order valence-electron chi connectivity index (χ1n) is 5.40. The first-order valence-corrected chi connectivity index (χ1v) is 6.53. The molecule has 0 atom stereocenters. The fraction of sp³-hybridized carbons (Fsp3) is 0.0714. The van der Waals surface area contributed by atoms with E-state index < -0.39 is 11.6 Å². The van der Waals surface area contributed by atoms with Crippen molar-refractivity contribution in [1.82, 2.24) is 0 Å². The van der Waals surface area contributed by atoms with Crippen molar-refractivity contribution < 1.29 is 9.18 Å². The molecule has 0 unspecified atom stereocenters. The largest absolute Gasteiger partial charge is 0.294 e. The van der Waals surface area contributed by atoms with E-state index in [-0.39, 0.29) is 17.0 Å². The zero-order chi connectivity index (χ0) is 14.0. The molecule has 0 fully saturated rings. The SMILES string of the molecule is O=C(Cc1cc(Cl)ccc1Cl)c1c(F)cccc1Cl. The van der Waals surface area contributed by atoms with E-state index in [4.69, 9.17) is 34.8 Å². The van der Waals surface area contributed by atoms with Gasteiger partial charge in [0.25, 0.3) is 0 Å². The molecule has 2 rings (SSSR count). The van der Waals surface area contributed by atoms with Gasteiger partial charge >= 0.3 is 0 Å². The second-order valence-electron chi connectivity index (χ2n) is 3.93. The zero-order valence-corrected chi connectivity index (χ0v) is 11.9. The smallest absolute Gasteiger partial charge is 0.171 e. The van der Waals surface area contributed by atoms with Gasteiger partial charge in [0.05, 0.1) is 10.6 Å². The Bertz CT molecular complexity index is 620. The van der Waals surface area contributed by atoms with Crippen LogP contribution in [-0.2, 0) is 6.42 Å². The van der Waals surface area contributed by atoms with Gasteiger partial charge in [0.15, 0.2) is 5.78 Å². The Morgan fingerprint density at radius 2 is 1.79 bits per heavy atom. The molecule has 2 aromatic carbocycles. The Hall–Kier alpha value is -1.09. The molecule has 0 aliphatic heterocycles. The van der Waals surface area contributed by atoms with E-state index in [1.165, 1.54) is 18.2 Å². The molecular formula is C14H8Cl3FO. The van der Waals surface area contributed by atoms with E-state index in [2.05, 4.69) is 0 Å². The van der Waals surface area contributed by atoms with Crippen molar-refractivity contribution in [3.8, 4) is 0 Å². The predicted octanol–water partition coefficient (Wildman–Crippen LogP) is 5.21. The molecule has 2 aromatic rings. The van der Waals surface area contributed by atoms with Gasteiger partial charge in [-0.25, -0.2) is 4.39 Å². The van der Waals surface area contributed by atoms with Gasteiger partial charge in [0.2, 0.25) is 0 Å². The molecule has 0 spiro atoms. The van der Waals surface area contributed by atoms with Crippen LogP contribution in [0.5, 0.6) is 0 Å². The maximum Gasteiger partial charge on any atom is 0.171 e. The summed E-state index contributed by atoms with van der Waals surface area (Å²) >= 11 is 17.7. The summed E-state index contributed by atoms with van der Waals surface area (Å²) in [6.45, 7) is 0. The number of carbonyl (C=O) groups excluding carboxylic acids is 1. The number of hydrogen-bond donors (Lipinski definition) is 0. The monoisotopic (exact) mass is 316 g/mol. The highest BCUT2D eigenvalue weighted by Gasteiger charge is 2.17. The van der Waals surface area contributed by atoms with Crippen molar-refractivity contribution in [3.05, 3.63) is 68.4 Å². The third kappa shape index (κ3) is 3.27. The molecule has 0 aliphatic carbocycles. The normalized spacial score (nSPS) is 10.5. The van der Waals surface area contributed by atoms with Crippen molar-refractivity contribution in [2.24, 2.45) is 0 Å². The average molecular weight is 318 g/mol. The molecule has 0 bridgehead atoms. The van der Waals surface area contributed by atoms with Crippen molar-refractivity contribution >= 4 is 40.6 Å². The third-order valence-corrected chi connectivity index (χ3v) is 3.52. The third-order valence-electron chi connectivity index (χ3n) is 2.60. The maximum atomic E-state index is 13.6. The van der Waals surface area contributed by atoms with E-state index in [0.29, 0.717) is 15.6 Å². The first kappa shape index (κ1) is 14.3. The number of ketones is 1. The van der Waals surface area contributed by atoms with Gasteiger partial charge in [-0.15, -0.1) is 0 Å². The fourth-order valence-electron chi connectivity index (χ4n) is 1.70. The summed E-state index contributed by atoms with van der Waals surface area (Å²) in [6, 6.07) is 8.90. The Morgan fingerprint density at radius 3 is 2.47 bits per heavy atom. The summed E-state index contributed by atoms with van der Waals surface area (Å²) in [6.07, 6.45) is -0.0555. The highest BCUT2D eigenvalue weighted by molar-refractivity contribution is 6.35. The molecule has 0 amide bonds. The lowest BCUT2D eigenvalue weighted by atomic mass is 10.0. The molecule has 0 radical (unpaired) electrons. The van der Waals surface area contributed by atoms with Gasteiger partial charge in [-0.1, -0.05) is 40.9 Å². The number of rotatable bonds is 3. The van der Waals surface area contributed by atoms with Crippen LogP contribution in [-0.4, -0.2) is 5.78 Å².